The summed E-state index contributed by atoms with van der Waals surface area (Å²) in [6, 6.07) is 0. The fourth-order valence-corrected chi connectivity index (χ4v) is 5.13. The standard InChI is InChI=1S/C34H67NO4/c1-6-9-12-15-16-17-20-23-27-32(39-33(36)28-24-29-35(4)5)30-38-34(37)31(25-21-18-13-10-7-2)26-22-19-14-11-8-3/h31-32H,6-30H2,1-5H3. The van der Waals surface area contributed by atoms with Gasteiger partial charge in [-0.25, -0.2) is 0 Å². The van der Waals surface area contributed by atoms with E-state index in [-0.39, 0.29) is 30.6 Å². The van der Waals surface area contributed by atoms with Crippen molar-refractivity contribution in [2.45, 2.75) is 175 Å². The van der Waals surface area contributed by atoms with Crippen LogP contribution < -0.4 is 0 Å². The molecule has 0 aliphatic carbocycles. The number of ether oxygens (including phenoxy) is 2. The molecule has 0 radical (unpaired) electrons. The topological polar surface area (TPSA) is 55.8 Å². The van der Waals surface area contributed by atoms with E-state index in [9.17, 15) is 9.59 Å². The number of hydrogen-bond donors (Lipinski definition) is 0. The van der Waals surface area contributed by atoms with Gasteiger partial charge in [-0.15, -0.1) is 0 Å². The first-order valence-electron chi connectivity index (χ1n) is 16.9. The summed E-state index contributed by atoms with van der Waals surface area (Å²) in [6.07, 6.45) is 25.5. The van der Waals surface area contributed by atoms with Gasteiger partial charge in [0.15, 0.2) is 0 Å². The number of carbonyl (C=O) groups excluding carboxylic acids is 2. The van der Waals surface area contributed by atoms with Crippen molar-refractivity contribution >= 4 is 11.9 Å². The van der Waals surface area contributed by atoms with Gasteiger partial charge in [-0.2, -0.15) is 0 Å². The van der Waals surface area contributed by atoms with Crippen molar-refractivity contribution in [3.05, 3.63) is 0 Å². The highest BCUT2D eigenvalue weighted by Gasteiger charge is 2.22. The summed E-state index contributed by atoms with van der Waals surface area (Å²) in [5.41, 5.74) is 0. The SMILES string of the molecule is CCCCCCCCCCC(COC(=O)C(CCCCCCC)CCCCCCC)OC(=O)CCCN(C)C. The largest absolute Gasteiger partial charge is 0.462 e. The van der Waals surface area contributed by atoms with E-state index in [1.165, 1.54) is 89.9 Å². The predicted octanol–water partition coefficient (Wildman–Crippen LogP) is 9.65. The van der Waals surface area contributed by atoms with Crippen LogP contribution in [-0.2, 0) is 19.1 Å². The maximum atomic E-state index is 13.2. The van der Waals surface area contributed by atoms with Gasteiger partial charge in [0, 0.05) is 6.42 Å². The Balaban J connectivity index is 4.79. The highest BCUT2D eigenvalue weighted by atomic mass is 16.6. The molecule has 1 unspecified atom stereocenters. The first-order valence-corrected chi connectivity index (χ1v) is 16.9. The lowest BCUT2D eigenvalue weighted by molar-refractivity contribution is -0.162. The minimum Gasteiger partial charge on any atom is -0.462 e. The van der Waals surface area contributed by atoms with Gasteiger partial charge in [0.2, 0.25) is 0 Å². The fraction of sp³-hybridized carbons (Fsp3) is 0.941. The Morgan fingerprint density at radius 2 is 1.03 bits per heavy atom. The molecule has 0 fully saturated rings. The van der Waals surface area contributed by atoms with Gasteiger partial charge in [-0.3, -0.25) is 9.59 Å². The third-order valence-corrected chi connectivity index (χ3v) is 7.72. The predicted molar refractivity (Wildman–Crippen MR) is 166 cm³/mol. The molecule has 39 heavy (non-hydrogen) atoms. The first-order chi connectivity index (χ1) is 18.9. The van der Waals surface area contributed by atoms with Crippen molar-refractivity contribution in [2.24, 2.45) is 5.92 Å². The van der Waals surface area contributed by atoms with Crippen molar-refractivity contribution in [2.75, 3.05) is 27.2 Å². The second-order valence-electron chi connectivity index (χ2n) is 12.0. The average Bonchev–Trinajstić information content (AvgIpc) is 2.91. The number of rotatable bonds is 29. The lowest BCUT2D eigenvalue weighted by Crippen LogP contribution is -2.28. The van der Waals surface area contributed by atoms with Crippen molar-refractivity contribution in [3.63, 3.8) is 0 Å². The summed E-state index contributed by atoms with van der Waals surface area (Å²) < 4.78 is 11.7. The molecule has 1 atom stereocenters. The van der Waals surface area contributed by atoms with Crippen LogP contribution >= 0.6 is 0 Å². The quantitative estimate of drug-likeness (QED) is 0.0681. The number of hydrogen-bond acceptors (Lipinski definition) is 5. The first kappa shape index (κ1) is 37.9. The Labute approximate surface area is 243 Å². The van der Waals surface area contributed by atoms with Gasteiger partial charge in [0.1, 0.15) is 12.7 Å². The molecule has 0 bridgehead atoms. The van der Waals surface area contributed by atoms with Crippen molar-refractivity contribution in [3.8, 4) is 0 Å². The van der Waals surface area contributed by atoms with Crippen LogP contribution in [0, 0.1) is 5.92 Å². The Bertz CT molecular complexity index is 537. The van der Waals surface area contributed by atoms with Crippen molar-refractivity contribution < 1.29 is 19.1 Å². The molecule has 0 aromatic heterocycles. The van der Waals surface area contributed by atoms with E-state index in [1.807, 2.05) is 14.1 Å². The number of unbranched alkanes of at least 4 members (excludes halogenated alkanes) is 15. The van der Waals surface area contributed by atoms with Gasteiger partial charge in [0.05, 0.1) is 5.92 Å². The zero-order valence-electron chi connectivity index (χ0n) is 26.9. The summed E-state index contributed by atoms with van der Waals surface area (Å²) in [6.45, 7) is 7.78. The summed E-state index contributed by atoms with van der Waals surface area (Å²) in [7, 11) is 4.03. The van der Waals surface area contributed by atoms with Crippen molar-refractivity contribution in [1.29, 1.82) is 0 Å². The molecule has 0 aliphatic heterocycles. The van der Waals surface area contributed by atoms with Gasteiger partial charge < -0.3 is 14.4 Å². The molecule has 0 aliphatic rings. The molecule has 0 aromatic carbocycles. The number of esters is 2. The van der Waals surface area contributed by atoms with Crippen LogP contribution in [0.15, 0.2) is 0 Å². The molecule has 0 heterocycles. The molecule has 0 saturated carbocycles. The molecule has 5 heteroatoms. The number of nitrogens with zero attached hydrogens (tertiary/aromatic N) is 1. The van der Waals surface area contributed by atoms with Crippen LogP contribution in [0.3, 0.4) is 0 Å². The van der Waals surface area contributed by atoms with E-state index in [1.54, 1.807) is 0 Å². The molecule has 0 saturated heterocycles. The fourth-order valence-electron chi connectivity index (χ4n) is 5.13. The third kappa shape index (κ3) is 25.6. The Morgan fingerprint density at radius 1 is 0.590 bits per heavy atom. The molecule has 0 spiro atoms. The zero-order chi connectivity index (χ0) is 29.0. The zero-order valence-corrected chi connectivity index (χ0v) is 26.9. The van der Waals surface area contributed by atoms with Gasteiger partial charge in [-0.05, 0) is 52.7 Å². The second kappa shape index (κ2) is 28.4. The third-order valence-electron chi connectivity index (χ3n) is 7.72. The minimum absolute atomic E-state index is 0.0205. The number of carbonyl (C=O) groups is 2. The normalized spacial score (nSPS) is 12.3. The summed E-state index contributed by atoms with van der Waals surface area (Å²) in [5.74, 6) is -0.265. The maximum Gasteiger partial charge on any atom is 0.309 e. The van der Waals surface area contributed by atoms with E-state index in [0.717, 1.165) is 57.9 Å². The minimum atomic E-state index is -0.323. The second-order valence-corrected chi connectivity index (χ2v) is 12.0. The molecule has 0 amide bonds. The monoisotopic (exact) mass is 554 g/mol. The molecule has 0 rings (SSSR count). The molecule has 0 aromatic rings. The Hall–Kier alpha value is -1.10. The van der Waals surface area contributed by atoms with Gasteiger partial charge in [-0.1, -0.05) is 130 Å². The maximum absolute atomic E-state index is 13.2. The van der Waals surface area contributed by atoms with E-state index in [4.69, 9.17) is 9.47 Å². The van der Waals surface area contributed by atoms with Crippen molar-refractivity contribution in [1.82, 2.24) is 4.90 Å². The van der Waals surface area contributed by atoms with Crippen LogP contribution in [0.25, 0.3) is 0 Å². The Morgan fingerprint density at radius 3 is 1.49 bits per heavy atom. The lowest BCUT2D eigenvalue weighted by Gasteiger charge is -2.21. The van der Waals surface area contributed by atoms with Gasteiger partial charge in [0.25, 0.3) is 0 Å². The molecule has 0 N–H and O–H groups in total. The molecular formula is C34H67NO4. The van der Waals surface area contributed by atoms with Crippen LogP contribution in [0.2, 0.25) is 0 Å². The summed E-state index contributed by atoms with van der Waals surface area (Å²) >= 11 is 0. The van der Waals surface area contributed by atoms with Crippen LogP contribution in [0.1, 0.15) is 168 Å². The average molecular weight is 554 g/mol. The van der Waals surface area contributed by atoms with Crippen LogP contribution in [0.4, 0.5) is 0 Å². The lowest BCUT2D eigenvalue weighted by atomic mass is 9.94. The van der Waals surface area contributed by atoms with E-state index >= 15 is 0 Å². The highest BCUT2D eigenvalue weighted by molar-refractivity contribution is 5.72. The van der Waals surface area contributed by atoms with E-state index in [0.29, 0.717) is 6.42 Å². The molecule has 232 valence electrons. The summed E-state index contributed by atoms with van der Waals surface area (Å²) in [5, 5.41) is 0. The smallest absolute Gasteiger partial charge is 0.309 e. The summed E-state index contributed by atoms with van der Waals surface area (Å²) in [4.78, 5) is 27.8. The van der Waals surface area contributed by atoms with Crippen LogP contribution in [-0.4, -0.2) is 50.2 Å². The molecule has 5 nitrogen and oxygen atoms in total. The Kier molecular flexibility index (Phi) is 27.6. The van der Waals surface area contributed by atoms with Crippen LogP contribution in [0.5, 0.6) is 0 Å². The highest BCUT2D eigenvalue weighted by Crippen LogP contribution is 2.21. The van der Waals surface area contributed by atoms with E-state index < -0.39 is 0 Å². The molecular weight excluding hydrogens is 486 g/mol. The van der Waals surface area contributed by atoms with E-state index in [2.05, 4.69) is 25.7 Å². The van der Waals surface area contributed by atoms with Gasteiger partial charge >= 0.3 is 11.9 Å².